The number of rotatable bonds is 7. The quantitative estimate of drug-likeness (QED) is 0.495. The van der Waals surface area contributed by atoms with Gasteiger partial charge in [-0.15, -0.1) is 0 Å². The number of anilines is 2. The zero-order chi connectivity index (χ0) is 15.3. The molecule has 0 atom stereocenters. The number of benzene rings is 1. The Kier molecular flexibility index (Phi) is 4.89. The summed E-state index contributed by atoms with van der Waals surface area (Å²) in [6.45, 7) is 1.34. The average Bonchev–Trinajstić information content (AvgIpc) is 2.53. The highest BCUT2D eigenvalue weighted by atomic mass is 16.3. The molecule has 0 aliphatic heterocycles. The normalized spacial score (nSPS) is 11.6. The molecule has 1 aromatic heterocycles. The minimum Gasteiger partial charge on any atom is -0.394 e. The summed E-state index contributed by atoms with van der Waals surface area (Å²) in [5.74, 6) is 0.898. The minimum absolute atomic E-state index is 0.422. The molecule has 7 heteroatoms. The predicted molar refractivity (Wildman–Crippen MR) is 81.3 cm³/mol. The van der Waals surface area contributed by atoms with Gasteiger partial charge in [0.1, 0.15) is 11.4 Å². The van der Waals surface area contributed by atoms with Crippen LogP contribution in [0.15, 0.2) is 24.3 Å². The van der Waals surface area contributed by atoms with Gasteiger partial charge < -0.3 is 26.0 Å². The summed E-state index contributed by atoms with van der Waals surface area (Å²) in [7, 11) is 0. The van der Waals surface area contributed by atoms with E-state index in [0.29, 0.717) is 18.3 Å². The minimum atomic E-state index is -1.24. The first-order valence-corrected chi connectivity index (χ1v) is 6.79. The van der Waals surface area contributed by atoms with Crippen LogP contribution >= 0.6 is 0 Å². The molecule has 7 nitrogen and oxygen atoms in total. The molecule has 114 valence electrons. The fourth-order valence-corrected chi connectivity index (χ4v) is 1.93. The number of hydrogen-bond donors (Lipinski definition) is 5. The highest BCUT2D eigenvalue weighted by molar-refractivity contribution is 5.90. The monoisotopic (exact) mass is 292 g/mol. The topological polar surface area (TPSA) is 111 Å². The molecule has 0 amide bonds. The van der Waals surface area contributed by atoms with Gasteiger partial charge in [0.25, 0.3) is 0 Å². The third kappa shape index (κ3) is 3.21. The number of aromatic nitrogens is 2. The third-order valence-electron chi connectivity index (χ3n) is 3.23. The molecule has 0 spiro atoms. The van der Waals surface area contributed by atoms with Gasteiger partial charge in [-0.1, -0.05) is 12.1 Å². The van der Waals surface area contributed by atoms with Crippen LogP contribution in [-0.2, 0) is 0 Å². The summed E-state index contributed by atoms with van der Waals surface area (Å²) >= 11 is 0. The Labute approximate surface area is 122 Å². The molecule has 0 fully saturated rings. The van der Waals surface area contributed by atoms with Crippen molar-refractivity contribution in [1.29, 1.82) is 0 Å². The van der Waals surface area contributed by atoms with Crippen LogP contribution in [0.1, 0.15) is 6.92 Å². The van der Waals surface area contributed by atoms with E-state index in [1.54, 1.807) is 0 Å². The van der Waals surface area contributed by atoms with Crippen molar-refractivity contribution in [3.63, 3.8) is 0 Å². The van der Waals surface area contributed by atoms with E-state index < -0.39 is 25.4 Å². The van der Waals surface area contributed by atoms with Crippen LogP contribution < -0.4 is 10.6 Å². The molecular weight excluding hydrogens is 272 g/mol. The van der Waals surface area contributed by atoms with Gasteiger partial charge in [-0.2, -0.15) is 4.98 Å². The second kappa shape index (κ2) is 6.66. The van der Waals surface area contributed by atoms with Crippen LogP contribution in [0.25, 0.3) is 10.9 Å². The second-order valence-corrected chi connectivity index (χ2v) is 4.82. The summed E-state index contributed by atoms with van der Waals surface area (Å²) in [6, 6.07) is 7.40. The van der Waals surface area contributed by atoms with Crippen molar-refractivity contribution < 1.29 is 15.3 Å². The maximum absolute atomic E-state index is 9.44. The number of aliphatic hydroxyl groups excluding tert-OH is 3. The smallest absolute Gasteiger partial charge is 0.225 e. The van der Waals surface area contributed by atoms with Gasteiger partial charge in [0.15, 0.2) is 0 Å². The third-order valence-corrected chi connectivity index (χ3v) is 3.23. The molecular formula is C14H20N4O3. The van der Waals surface area contributed by atoms with E-state index >= 15 is 0 Å². The van der Waals surface area contributed by atoms with Crippen molar-refractivity contribution >= 4 is 22.7 Å². The summed E-state index contributed by atoms with van der Waals surface area (Å²) in [6.07, 6.45) is 0. The first-order chi connectivity index (χ1) is 10.2. The van der Waals surface area contributed by atoms with E-state index in [2.05, 4.69) is 20.6 Å². The lowest BCUT2D eigenvalue weighted by Gasteiger charge is -2.29. The van der Waals surface area contributed by atoms with Crippen molar-refractivity contribution in [2.75, 3.05) is 37.0 Å². The van der Waals surface area contributed by atoms with E-state index in [-0.39, 0.29) is 0 Å². The molecule has 0 radical (unpaired) electrons. The van der Waals surface area contributed by atoms with Gasteiger partial charge in [-0.05, 0) is 19.1 Å². The van der Waals surface area contributed by atoms with Crippen LogP contribution in [0.4, 0.5) is 11.8 Å². The summed E-state index contributed by atoms with van der Waals surface area (Å²) in [4.78, 5) is 8.74. The average molecular weight is 292 g/mol. The highest BCUT2D eigenvalue weighted by Crippen LogP contribution is 2.24. The van der Waals surface area contributed by atoms with E-state index in [9.17, 15) is 15.3 Å². The maximum atomic E-state index is 9.44. The van der Waals surface area contributed by atoms with Crippen molar-refractivity contribution in [3.05, 3.63) is 24.3 Å². The second-order valence-electron chi connectivity index (χ2n) is 4.82. The largest absolute Gasteiger partial charge is 0.394 e. The number of hydrogen-bond acceptors (Lipinski definition) is 7. The maximum Gasteiger partial charge on any atom is 0.225 e. The van der Waals surface area contributed by atoms with E-state index in [4.69, 9.17) is 0 Å². The molecule has 2 aromatic rings. The summed E-state index contributed by atoms with van der Waals surface area (Å²) in [5, 5.41) is 35.0. The zero-order valence-corrected chi connectivity index (χ0v) is 11.9. The molecule has 1 heterocycles. The van der Waals surface area contributed by atoms with E-state index in [1.807, 2.05) is 31.2 Å². The number of nitrogens with zero attached hydrogens (tertiary/aromatic N) is 2. The Morgan fingerprint density at radius 1 is 1.05 bits per heavy atom. The molecule has 0 unspecified atom stereocenters. The Balaban J connectivity index is 2.50. The van der Waals surface area contributed by atoms with E-state index in [0.717, 1.165) is 10.9 Å². The lowest BCUT2D eigenvalue weighted by molar-refractivity contribution is 0.0832. The zero-order valence-electron chi connectivity index (χ0n) is 11.9. The molecule has 1 aromatic carbocycles. The van der Waals surface area contributed by atoms with Crippen molar-refractivity contribution in [3.8, 4) is 0 Å². The van der Waals surface area contributed by atoms with Crippen LogP contribution in [0.2, 0.25) is 0 Å². The molecule has 0 aliphatic rings. The van der Waals surface area contributed by atoms with Gasteiger partial charge in [0.2, 0.25) is 5.95 Å². The fraction of sp³-hybridized carbons (Fsp3) is 0.429. The van der Waals surface area contributed by atoms with Crippen LogP contribution in [0.5, 0.6) is 0 Å². The number of nitrogens with one attached hydrogen (secondary N) is 2. The molecule has 21 heavy (non-hydrogen) atoms. The van der Waals surface area contributed by atoms with Gasteiger partial charge in [-0.25, -0.2) is 4.98 Å². The Morgan fingerprint density at radius 3 is 2.33 bits per heavy atom. The number of aliphatic hydroxyl groups is 3. The summed E-state index contributed by atoms with van der Waals surface area (Å²) in [5.41, 5.74) is -0.505. The molecule has 5 N–H and O–H groups in total. The Morgan fingerprint density at radius 2 is 1.71 bits per heavy atom. The molecule has 0 saturated heterocycles. The Hall–Kier alpha value is -1.96. The lowest BCUT2D eigenvalue weighted by atomic mass is 10.0. The van der Waals surface area contributed by atoms with Crippen molar-refractivity contribution in [2.45, 2.75) is 12.5 Å². The van der Waals surface area contributed by atoms with Gasteiger partial charge in [-0.3, -0.25) is 0 Å². The van der Waals surface area contributed by atoms with Crippen molar-refractivity contribution in [1.82, 2.24) is 9.97 Å². The first kappa shape index (κ1) is 15.4. The molecule has 0 saturated carbocycles. The number of fused-ring (bicyclic) bond motifs is 1. The van der Waals surface area contributed by atoms with Crippen LogP contribution in [0.3, 0.4) is 0 Å². The van der Waals surface area contributed by atoms with Gasteiger partial charge in [0, 0.05) is 11.9 Å². The lowest BCUT2D eigenvalue weighted by Crippen LogP contribution is -2.49. The Bertz CT molecular complexity index is 594. The first-order valence-electron chi connectivity index (χ1n) is 6.79. The number of para-hydroxylation sites is 1. The summed E-state index contributed by atoms with van der Waals surface area (Å²) < 4.78 is 0. The molecule has 0 bridgehead atoms. The van der Waals surface area contributed by atoms with Crippen LogP contribution in [-0.4, -0.2) is 57.2 Å². The standard InChI is InChI=1S/C14H20N4O3/c1-2-15-13-16-11-6-4-3-5-10(11)12(17-13)18-14(7-19,8-20)9-21/h3-6,19-21H,2,7-9H2,1H3,(H2,15,16,17,18). The van der Waals surface area contributed by atoms with Crippen molar-refractivity contribution in [2.24, 2.45) is 0 Å². The van der Waals surface area contributed by atoms with Gasteiger partial charge >= 0.3 is 0 Å². The highest BCUT2D eigenvalue weighted by Gasteiger charge is 2.29. The molecule has 0 aliphatic carbocycles. The van der Waals surface area contributed by atoms with Crippen LogP contribution in [0, 0.1) is 0 Å². The SMILES string of the molecule is CCNc1nc(NC(CO)(CO)CO)c2ccccc2n1. The van der Waals surface area contributed by atoms with Gasteiger partial charge in [0.05, 0.1) is 25.3 Å². The molecule has 2 rings (SSSR count). The predicted octanol–water partition coefficient (Wildman–Crippen LogP) is 0.189. The fourth-order valence-electron chi connectivity index (χ4n) is 1.93. The van der Waals surface area contributed by atoms with E-state index in [1.165, 1.54) is 0 Å².